The molecule has 0 unspecified atom stereocenters. The Labute approximate surface area is 151 Å². The first-order valence-corrected chi connectivity index (χ1v) is 9.71. The molecular formula is C20H31N3O2. The summed E-state index contributed by atoms with van der Waals surface area (Å²) in [5, 5.41) is 3.13. The van der Waals surface area contributed by atoms with Crippen LogP contribution in [-0.4, -0.2) is 48.1 Å². The number of carbonyl (C=O) groups excluding carboxylic acids is 1. The third-order valence-corrected chi connectivity index (χ3v) is 5.53. The first-order valence-electron chi connectivity index (χ1n) is 9.71. The number of carbonyl (C=O) groups is 1. The molecule has 1 aromatic rings. The Morgan fingerprint density at radius 2 is 2.04 bits per heavy atom. The number of amides is 1. The highest BCUT2D eigenvalue weighted by atomic mass is 16.5. The van der Waals surface area contributed by atoms with Crippen LogP contribution >= 0.6 is 0 Å². The van der Waals surface area contributed by atoms with Gasteiger partial charge in [-0.25, -0.2) is 0 Å². The number of nitrogens with one attached hydrogen (secondary N) is 1. The SMILES string of the molecule is CC1CCC(C(=O)NCC[C@@H]2CN(Cc3ccncc3)CCO2)CC1. The van der Waals surface area contributed by atoms with Crippen molar-refractivity contribution in [1.82, 2.24) is 15.2 Å². The van der Waals surface area contributed by atoms with Crippen molar-refractivity contribution in [2.45, 2.75) is 51.7 Å². The van der Waals surface area contributed by atoms with Crippen molar-refractivity contribution in [3.8, 4) is 0 Å². The van der Waals surface area contributed by atoms with Gasteiger partial charge >= 0.3 is 0 Å². The summed E-state index contributed by atoms with van der Waals surface area (Å²) in [6.07, 6.45) is 9.26. The van der Waals surface area contributed by atoms with Crippen molar-refractivity contribution in [3.05, 3.63) is 30.1 Å². The Hall–Kier alpha value is -1.46. The highest BCUT2D eigenvalue weighted by molar-refractivity contribution is 5.78. The van der Waals surface area contributed by atoms with E-state index in [9.17, 15) is 4.79 Å². The maximum absolute atomic E-state index is 12.3. The van der Waals surface area contributed by atoms with Gasteiger partial charge in [0.1, 0.15) is 0 Å². The van der Waals surface area contributed by atoms with Crippen molar-refractivity contribution >= 4 is 5.91 Å². The zero-order chi connectivity index (χ0) is 17.5. The zero-order valence-electron chi connectivity index (χ0n) is 15.3. The number of aromatic nitrogens is 1. The Bertz CT molecular complexity index is 529. The van der Waals surface area contributed by atoms with Crippen LogP contribution in [0.25, 0.3) is 0 Å². The maximum Gasteiger partial charge on any atom is 0.223 e. The van der Waals surface area contributed by atoms with Gasteiger partial charge in [-0.1, -0.05) is 6.92 Å². The minimum absolute atomic E-state index is 0.210. The molecule has 1 saturated heterocycles. The lowest BCUT2D eigenvalue weighted by molar-refractivity contribution is -0.126. The quantitative estimate of drug-likeness (QED) is 0.861. The first kappa shape index (κ1) is 18.3. The monoisotopic (exact) mass is 345 g/mol. The Morgan fingerprint density at radius 1 is 1.28 bits per heavy atom. The van der Waals surface area contributed by atoms with E-state index < -0.39 is 0 Å². The smallest absolute Gasteiger partial charge is 0.223 e. The van der Waals surface area contributed by atoms with Gasteiger partial charge in [-0.15, -0.1) is 0 Å². The molecule has 2 aliphatic rings. The molecule has 1 aromatic heterocycles. The van der Waals surface area contributed by atoms with E-state index in [1.54, 1.807) is 0 Å². The molecule has 138 valence electrons. The van der Waals surface area contributed by atoms with Crippen molar-refractivity contribution in [2.75, 3.05) is 26.2 Å². The summed E-state index contributed by atoms with van der Waals surface area (Å²) in [4.78, 5) is 18.8. The summed E-state index contributed by atoms with van der Waals surface area (Å²) in [5.41, 5.74) is 1.29. The Balaban J connectivity index is 1.36. The Morgan fingerprint density at radius 3 is 2.80 bits per heavy atom. The third-order valence-electron chi connectivity index (χ3n) is 5.53. The fraction of sp³-hybridized carbons (Fsp3) is 0.700. The van der Waals surface area contributed by atoms with Gasteiger partial charge in [-0.05, 0) is 55.7 Å². The van der Waals surface area contributed by atoms with E-state index in [1.807, 2.05) is 12.4 Å². The summed E-state index contributed by atoms with van der Waals surface area (Å²) < 4.78 is 5.88. The van der Waals surface area contributed by atoms with E-state index in [0.29, 0.717) is 0 Å². The van der Waals surface area contributed by atoms with E-state index in [2.05, 4.69) is 34.3 Å². The number of hydrogen-bond donors (Lipinski definition) is 1. The predicted octanol–water partition coefficient (Wildman–Crippen LogP) is 2.62. The normalized spacial score (nSPS) is 27.8. The average Bonchev–Trinajstić information content (AvgIpc) is 2.63. The van der Waals surface area contributed by atoms with Gasteiger partial charge in [0.15, 0.2) is 0 Å². The number of ether oxygens (including phenoxy) is 1. The van der Waals surface area contributed by atoms with E-state index in [1.165, 1.54) is 18.4 Å². The molecule has 3 rings (SSSR count). The summed E-state index contributed by atoms with van der Waals surface area (Å²) in [5.74, 6) is 1.26. The molecule has 0 spiro atoms. The summed E-state index contributed by atoms with van der Waals surface area (Å²) in [6.45, 7) is 6.61. The van der Waals surface area contributed by atoms with E-state index in [-0.39, 0.29) is 17.9 Å². The van der Waals surface area contributed by atoms with E-state index in [4.69, 9.17) is 4.74 Å². The molecule has 2 heterocycles. The zero-order valence-corrected chi connectivity index (χ0v) is 15.3. The van der Waals surface area contributed by atoms with Crippen molar-refractivity contribution < 1.29 is 9.53 Å². The van der Waals surface area contributed by atoms with Crippen molar-refractivity contribution in [1.29, 1.82) is 0 Å². The maximum atomic E-state index is 12.3. The standard InChI is InChI=1S/C20H31N3O2/c1-16-2-4-18(5-3-16)20(24)22-11-8-19-15-23(12-13-25-19)14-17-6-9-21-10-7-17/h6-7,9-10,16,18-19H,2-5,8,11-15H2,1H3,(H,22,24)/t16?,18?,19-/m1/s1. The molecule has 1 N–H and O–H groups in total. The second-order valence-electron chi connectivity index (χ2n) is 7.62. The van der Waals surface area contributed by atoms with Gasteiger partial charge < -0.3 is 10.1 Å². The molecule has 0 aromatic carbocycles. The van der Waals surface area contributed by atoms with Crippen LogP contribution in [0.1, 0.15) is 44.6 Å². The lowest BCUT2D eigenvalue weighted by atomic mass is 9.82. The van der Waals surface area contributed by atoms with Crippen molar-refractivity contribution in [2.24, 2.45) is 11.8 Å². The average molecular weight is 345 g/mol. The Kier molecular flexibility index (Phi) is 6.82. The molecule has 1 amide bonds. The van der Waals surface area contributed by atoms with Crippen LogP contribution in [0.2, 0.25) is 0 Å². The lowest BCUT2D eigenvalue weighted by Gasteiger charge is -2.33. The second-order valence-corrected chi connectivity index (χ2v) is 7.62. The summed E-state index contributed by atoms with van der Waals surface area (Å²) >= 11 is 0. The highest BCUT2D eigenvalue weighted by Crippen LogP contribution is 2.28. The topological polar surface area (TPSA) is 54.5 Å². The van der Waals surface area contributed by atoms with E-state index >= 15 is 0 Å². The molecule has 1 atom stereocenters. The molecule has 1 saturated carbocycles. The largest absolute Gasteiger partial charge is 0.375 e. The molecular weight excluding hydrogens is 314 g/mol. The predicted molar refractivity (Wildman–Crippen MR) is 98.0 cm³/mol. The molecule has 5 nitrogen and oxygen atoms in total. The minimum atomic E-state index is 0.210. The third kappa shape index (κ3) is 5.79. The summed E-state index contributed by atoms with van der Waals surface area (Å²) in [6, 6.07) is 4.13. The van der Waals surface area contributed by atoms with Crippen LogP contribution in [0.4, 0.5) is 0 Å². The molecule has 1 aliphatic heterocycles. The highest BCUT2D eigenvalue weighted by Gasteiger charge is 2.25. The van der Waals surface area contributed by atoms with Crippen LogP contribution in [0, 0.1) is 11.8 Å². The minimum Gasteiger partial charge on any atom is -0.375 e. The lowest BCUT2D eigenvalue weighted by Crippen LogP contribution is -2.43. The first-order chi connectivity index (χ1) is 12.2. The molecule has 5 heteroatoms. The van der Waals surface area contributed by atoms with Gasteiger partial charge in [0.25, 0.3) is 0 Å². The number of pyridine rings is 1. The number of morpholine rings is 1. The molecule has 0 bridgehead atoms. The van der Waals surface area contributed by atoms with Gasteiger partial charge in [0.05, 0.1) is 12.7 Å². The van der Waals surface area contributed by atoms with Gasteiger partial charge in [-0.2, -0.15) is 0 Å². The molecule has 2 fully saturated rings. The number of nitrogens with zero attached hydrogens (tertiary/aromatic N) is 2. The van der Waals surface area contributed by atoms with Crippen molar-refractivity contribution in [3.63, 3.8) is 0 Å². The number of hydrogen-bond acceptors (Lipinski definition) is 4. The molecule has 1 aliphatic carbocycles. The fourth-order valence-corrected chi connectivity index (χ4v) is 3.87. The van der Waals surface area contributed by atoms with Gasteiger partial charge in [0, 0.05) is 44.5 Å². The summed E-state index contributed by atoms with van der Waals surface area (Å²) in [7, 11) is 0. The van der Waals surface area contributed by atoms with Crippen LogP contribution in [0.15, 0.2) is 24.5 Å². The van der Waals surface area contributed by atoms with Gasteiger partial charge in [-0.3, -0.25) is 14.7 Å². The van der Waals surface area contributed by atoms with E-state index in [0.717, 1.165) is 58.0 Å². The van der Waals surface area contributed by atoms with Crippen LogP contribution in [0.5, 0.6) is 0 Å². The fourth-order valence-electron chi connectivity index (χ4n) is 3.87. The molecule has 0 radical (unpaired) electrons. The molecule has 25 heavy (non-hydrogen) atoms. The second kappa shape index (κ2) is 9.30. The van der Waals surface area contributed by atoms with Crippen LogP contribution in [-0.2, 0) is 16.1 Å². The van der Waals surface area contributed by atoms with Crippen LogP contribution in [0.3, 0.4) is 0 Å². The van der Waals surface area contributed by atoms with Gasteiger partial charge in [0.2, 0.25) is 5.91 Å². The number of rotatable bonds is 6. The van der Waals surface area contributed by atoms with Crippen LogP contribution < -0.4 is 5.32 Å².